The van der Waals surface area contributed by atoms with Crippen LogP contribution in [0.2, 0.25) is 0 Å². The summed E-state index contributed by atoms with van der Waals surface area (Å²) in [5.74, 6) is 0.418. The maximum atomic E-state index is 13.3. The summed E-state index contributed by atoms with van der Waals surface area (Å²) in [6.07, 6.45) is 3.18. The summed E-state index contributed by atoms with van der Waals surface area (Å²) in [5, 5.41) is 8.90. The number of nitrogens with one attached hydrogen (secondary N) is 1. The van der Waals surface area contributed by atoms with Gasteiger partial charge < -0.3 is 23.6 Å². The van der Waals surface area contributed by atoms with Crippen molar-refractivity contribution in [3.63, 3.8) is 0 Å². The first-order valence-electron chi connectivity index (χ1n) is 11.4. The van der Waals surface area contributed by atoms with E-state index >= 15 is 0 Å². The lowest BCUT2D eigenvalue weighted by Crippen LogP contribution is -2.23. The van der Waals surface area contributed by atoms with Crippen LogP contribution in [-0.4, -0.2) is 55.5 Å². The first kappa shape index (κ1) is 25.1. The van der Waals surface area contributed by atoms with Crippen LogP contribution >= 0.6 is 0 Å². The Labute approximate surface area is 218 Å². The maximum Gasteiger partial charge on any atom is 0.270 e. The van der Waals surface area contributed by atoms with Gasteiger partial charge in [0.1, 0.15) is 22.6 Å². The zero-order chi connectivity index (χ0) is 27.0. The molecule has 2 aromatic carbocycles. The average molecular weight is 540 g/mol. The summed E-state index contributed by atoms with van der Waals surface area (Å²) < 4.78 is 52.4. The monoisotopic (exact) mass is 539 g/mol. The van der Waals surface area contributed by atoms with Crippen molar-refractivity contribution in [3.8, 4) is 17.2 Å². The molecule has 1 aliphatic heterocycles. The van der Waals surface area contributed by atoms with E-state index in [-0.39, 0.29) is 28.1 Å². The van der Waals surface area contributed by atoms with Gasteiger partial charge in [0.05, 0.1) is 40.1 Å². The molecule has 0 spiro atoms. The summed E-state index contributed by atoms with van der Waals surface area (Å²) in [4.78, 5) is 13.4. The molecule has 1 N–H and O–H groups in total. The molecular weight excluding hydrogens is 514 g/mol. The lowest BCUT2D eigenvalue weighted by Gasteiger charge is -2.14. The normalized spacial score (nSPS) is 12.9. The smallest absolute Gasteiger partial charge is 0.270 e. The molecule has 38 heavy (non-hydrogen) atoms. The second-order valence-electron chi connectivity index (χ2n) is 8.50. The minimum atomic E-state index is -4.18. The van der Waals surface area contributed by atoms with Gasteiger partial charge in [0.25, 0.3) is 10.0 Å². The third kappa shape index (κ3) is 4.41. The van der Waals surface area contributed by atoms with Crippen LogP contribution in [0.1, 0.15) is 16.8 Å². The van der Waals surface area contributed by atoms with Crippen molar-refractivity contribution in [3.05, 3.63) is 66.0 Å². The van der Waals surface area contributed by atoms with Gasteiger partial charge in [0.2, 0.25) is 5.91 Å². The summed E-state index contributed by atoms with van der Waals surface area (Å²) in [7, 11) is 0.0316. The Bertz CT molecular complexity index is 1610. The highest BCUT2D eigenvalue weighted by atomic mass is 32.2. The Hall–Kier alpha value is -4.52. The first-order valence-corrected chi connectivity index (χ1v) is 12.9. The van der Waals surface area contributed by atoms with E-state index in [0.29, 0.717) is 36.4 Å². The van der Waals surface area contributed by atoms with Gasteiger partial charge in [-0.15, -0.1) is 0 Å². The second kappa shape index (κ2) is 9.74. The highest BCUT2D eigenvalue weighted by molar-refractivity contribution is 7.93. The van der Waals surface area contributed by atoms with Crippen molar-refractivity contribution in [2.45, 2.75) is 24.5 Å². The number of anilines is 1. The SMILES string of the molecule is C=CC(=O)N1Cc2cn(Cc3cc(OC)c4c(NS(=O)(=O)c5c(OC)cccc5OC)noc4c3)nc2C1. The van der Waals surface area contributed by atoms with Crippen LogP contribution in [0.3, 0.4) is 0 Å². The van der Waals surface area contributed by atoms with Crippen LogP contribution in [0.4, 0.5) is 5.82 Å². The number of carbonyl (C=O) groups is 1. The molecular formula is C25H25N5O7S. The number of benzene rings is 2. The van der Waals surface area contributed by atoms with Crippen molar-refractivity contribution in [1.29, 1.82) is 0 Å². The quantitative estimate of drug-likeness (QED) is 0.318. The molecule has 0 unspecified atom stereocenters. The number of fused-ring (bicyclic) bond motifs is 2. The van der Waals surface area contributed by atoms with E-state index in [1.807, 2.05) is 6.20 Å². The molecule has 0 fully saturated rings. The van der Waals surface area contributed by atoms with E-state index < -0.39 is 10.0 Å². The van der Waals surface area contributed by atoms with Gasteiger partial charge in [-0.05, 0) is 35.9 Å². The van der Waals surface area contributed by atoms with Crippen molar-refractivity contribution < 1.29 is 31.9 Å². The Kier molecular flexibility index (Phi) is 6.45. The molecule has 0 aliphatic carbocycles. The van der Waals surface area contributed by atoms with Crippen molar-refractivity contribution >= 4 is 32.7 Å². The lowest BCUT2D eigenvalue weighted by atomic mass is 10.1. The second-order valence-corrected chi connectivity index (χ2v) is 10.1. The first-order chi connectivity index (χ1) is 18.3. The predicted molar refractivity (Wildman–Crippen MR) is 137 cm³/mol. The molecule has 0 saturated heterocycles. The van der Waals surface area contributed by atoms with Crippen molar-refractivity contribution in [2.24, 2.45) is 0 Å². The summed E-state index contributed by atoms with van der Waals surface area (Å²) in [6.45, 7) is 4.83. The third-order valence-corrected chi connectivity index (χ3v) is 7.56. The Morgan fingerprint density at radius 3 is 2.47 bits per heavy atom. The number of sulfonamides is 1. The molecule has 4 aromatic rings. The Morgan fingerprint density at radius 1 is 1.13 bits per heavy atom. The molecule has 3 heterocycles. The number of ether oxygens (including phenoxy) is 3. The number of methoxy groups -OCH3 is 3. The zero-order valence-electron chi connectivity index (χ0n) is 20.9. The van der Waals surface area contributed by atoms with E-state index in [2.05, 4.69) is 21.6 Å². The Balaban J connectivity index is 1.43. The van der Waals surface area contributed by atoms with E-state index in [1.54, 1.807) is 27.8 Å². The van der Waals surface area contributed by atoms with Crippen LogP contribution in [0.5, 0.6) is 17.2 Å². The van der Waals surface area contributed by atoms with Gasteiger partial charge in [-0.3, -0.25) is 14.2 Å². The number of nitrogens with zero attached hydrogens (tertiary/aromatic N) is 4. The third-order valence-electron chi connectivity index (χ3n) is 6.16. The van der Waals surface area contributed by atoms with Crippen molar-refractivity contribution in [2.75, 3.05) is 26.1 Å². The average Bonchev–Trinajstić information content (AvgIpc) is 3.60. The van der Waals surface area contributed by atoms with E-state index in [1.165, 1.54) is 39.5 Å². The van der Waals surface area contributed by atoms with Gasteiger partial charge in [0, 0.05) is 18.3 Å². The molecule has 0 bridgehead atoms. The molecule has 13 heteroatoms. The maximum absolute atomic E-state index is 13.3. The number of aromatic nitrogens is 3. The van der Waals surface area contributed by atoms with Gasteiger partial charge in [-0.2, -0.15) is 5.10 Å². The molecule has 198 valence electrons. The van der Waals surface area contributed by atoms with E-state index in [0.717, 1.165) is 16.8 Å². The van der Waals surface area contributed by atoms with Gasteiger partial charge in [-0.1, -0.05) is 17.8 Å². The molecule has 12 nitrogen and oxygen atoms in total. The van der Waals surface area contributed by atoms with Crippen LogP contribution in [-0.2, 0) is 34.5 Å². The molecule has 2 aromatic heterocycles. The number of hydrogen-bond acceptors (Lipinski definition) is 9. The highest BCUT2D eigenvalue weighted by Crippen LogP contribution is 2.38. The fourth-order valence-electron chi connectivity index (χ4n) is 4.44. The number of carbonyl (C=O) groups excluding carboxylic acids is 1. The standard InChI is InChI=1S/C25H25N5O7S/c1-5-22(31)29-12-16-13-30(26-17(16)14-29)11-15-9-20(36-4)23-21(10-15)37-27-25(23)28-38(32,33)24-18(34-2)7-6-8-19(24)35-3/h5-10,13H,1,11-12,14H2,2-4H3,(H,27,28). The fourth-order valence-corrected chi connectivity index (χ4v) is 5.76. The van der Waals surface area contributed by atoms with Crippen LogP contribution in [0.25, 0.3) is 11.0 Å². The highest BCUT2D eigenvalue weighted by Gasteiger charge is 2.28. The van der Waals surface area contributed by atoms with Crippen LogP contribution < -0.4 is 18.9 Å². The molecule has 0 saturated carbocycles. The van der Waals surface area contributed by atoms with E-state index in [9.17, 15) is 13.2 Å². The summed E-state index contributed by atoms with van der Waals surface area (Å²) in [6, 6.07) is 8.17. The Morgan fingerprint density at radius 2 is 1.84 bits per heavy atom. The number of rotatable bonds is 9. The fraction of sp³-hybridized carbons (Fsp3) is 0.240. The lowest BCUT2D eigenvalue weighted by molar-refractivity contribution is -0.126. The summed E-state index contributed by atoms with van der Waals surface area (Å²) in [5.41, 5.74) is 2.92. The van der Waals surface area contributed by atoms with Gasteiger partial charge in [-0.25, -0.2) is 8.42 Å². The molecule has 1 aliphatic rings. The van der Waals surface area contributed by atoms with E-state index in [4.69, 9.17) is 18.7 Å². The molecule has 1 amide bonds. The number of hydrogen-bond donors (Lipinski definition) is 1. The topological polar surface area (TPSA) is 138 Å². The summed E-state index contributed by atoms with van der Waals surface area (Å²) >= 11 is 0. The zero-order valence-corrected chi connectivity index (χ0v) is 21.7. The molecule has 0 radical (unpaired) electrons. The minimum Gasteiger partial charge on any atom is -0.496 e. The predicted octanol–water partition coefficient (Wildman–Crippen LogP) is 2.93. The molecule has 0 atom stereocenters. The van der Waals surface area contributed by atoms with Crippen LogP contribution in [0.15, 0.2) is 58.6 Å². The largest absolute Gasteiger partial charge is 0.496 e. The molecule has 5 rings (SSSR count). The van der Waals surface area contributed by atoms with Gasteiger partial charge in [0.15, 0.2) is 16.3 Å². The minimum absolute atomic E-state index is 0.0404. The number of amides is 1. The van der Waals surface area contributed by atoms with Crippen molar-refractivity contribution in [1.82, 2.24) is 19.8 Å². The van der Waals surface area contributed by atoms with Crippen LogP contribution in [0, 0.1) is 0 Å². The van der Waals surface area contributed by atoms with Gasteiger partial charge >= 0.3 is 0 Å².